The third-order valence-corrected chi connectivity index (χ3v) is 6.65. The van der Waals surface area contributed by atoms with Crippen molar-refractivity contribution < 1.29 is 0 Å². The first-order chi connectivity index (χ1) is 10.8. The minimum absolute atomic E-state index is 0.285. The molecule has 1 aromatic carbocycles. The highest BCUT2D eigenvalue weighted by Gasteiger charge is 2.25. The van der Waals surface area contributed by atoms with Gasteiger partial charge < -0.3 is 0 Å². The maximum atomic E-state index is 2.56. The Bertz CT molecular complexity index is 591. The molecule has 0 saturated carbocycles. The summed E-state index contributed by atoms with van der Waals surface area (Å²) in [5, 5.41) is 3.40. The van der Waals surface area contributed by atoms with Gasteiger partial charge in [-0.15, -0.1) is 0 Å². The molecule has 0 spiro atoms. The first-order valence-electron chi connectivity index (χ1n) is 9.28. The summed E-state index contributed by atoms with van der Waals surface area (Å²) >= 11 is 0. The Morgan fingerprint density at radius 1 is 1.00 bits per heavy atom. The van der Waals surface area contributed by atoms with Gasteiger partial charge in [0.15, 0.2) is 0 Å². The predicted molar refractivity (Wildman–Crippen MR) is 107 cm³/mol. The van der Waals surface area contributed by atoms with E-state index in [4.69, 9.17) is 0 Å². The summed E-state index contributed by atoms with van der Waals surface area (Å²) in [4.78, 5) is 0. The van der Waals surface area contributed by atoms with E-state index in [9.17, 15) is 0 Å². The highest BCUT2D eigenvalue weighted by Crippen LogP contribution is 2.38. The second-order valence-corrected chi connectivity index (χ2v) is 10.4. The van der Waals surface area contributed by atoms with Crippen molar-refractivity contribution in [3.8, 4) is 0 Å². The SMILES string of the molecule is CCCCCC1=CC(C(C)(C)C)=C([SiH2]c2cc(C)cc(C)c2)C1. The lowest BCUT2D eigenvalue weighted by atomic mass is 9.87. The van der Waals surface area contributed by atoms with E-state index in [1.54, 1.807) is 21.5 Å². The number of allylic oxidation sites excluding steroid dienone is 4. The fourth-order valence-corrected chi connectivity index (χ4v) is 6.42. The lowest BCUT2D eigenvalue weighted by Gasteiger charge is -2.22. The van der Waals surface area contributed by atoms with Crippen LogP contribution in [0.5, 0.6) is 0 Å². The molecule has 0 unspecified atom stereocenters. The minimum atomic E-state index is -0.338. The summed E-state index contributed by atoms with van der Waals surface area (Å²) in [5.74, 6) is 0. The molecule has 0 atom stereocenters. The summed E-state index contributed by atoms with van der Waals surface area (Å²) in [7, 11) is -0.338. The van der Waals surface area contributed by atoms with Crippen molar-refractivity contribution in [1.82, 2.24) is 0 Å². The van der Waals surface area contributed by atoms with Crippen LogP contribution in [0.25, 0.3) is 0 Å². The monoisotopic (exact) mass is 326 g/mol. The Labute approximate surface area is 145 Å². The Hall–Kier alpha value is -1.08. The van der Waals surface area contributed by atoms with E-state index in [1.807, 2.05) is 0 Å². The van der Waals surface area contributed by atoms with Crippen molar-refractivity contribution >= 4 is 14.7 Å². The topological polar surface area (TPSA) is 0 Å². The van der Waals surface area contributed by atoms with Gasteiger partial charge in [0.05, 0.1) is 9.52 Å². The van der Waals surface area contributed by atoms with Crippen LogP contribution in [-0.2, 0) is 0 Å². The molecule has 1 heteroatoms. The largest absolute Gasteiger partial charge is 0.0832 e. The van der Waals surface area contributed by atoms with Gasteiger partial charge in [-0.1, -0.05) is 91.9 Å². The van der Waals surface area contributed by atoms with Gasteiger partial charge in [0.1, 0.15) is 0 Å². The van der Waals surface area contributed by atoms with Gasteiger partial charge in [-0.25, -0.2) is 0 Å². The molecule has 0 heterocycles. The molecule has 1 aromatic rings. The fourth-order valence-electron chi connectivity index (χ4n) is 3.81. The molecule has 0 bridgehead atoms. The molecule has 0 N–H and O–H groups in total. The highest BCUT2D eigenvalue weighted by atomic mass is 28.2. The number of hydrogen-bond donors (Lipinski definition) is 0. The molecule has 0 saturated heterocycles. The molecule has 0 aromatic heterocycles. The Balaban J connectivity index is 2.18. The zero-order chi connectivity index (χ0) is 17.0. The Morgan fingerprint density at radius 3 is 2.22 bits per heavy atom. The third kappa shape index (κ3) is 5.21. The van der Waals surface area contributed by atoms with E-state index in [1.165, 1.54) is 43.2 Å². The third-order valence-electron chi connectivity index (χ3n) is 4.78. The molecule has 2 rings (SSSR count). The van der Waals surface area contributed by atoms with Crippen LogP contribution >= 0.6 is 0 Å². The molecule has 0 aliphatic heterocycles. The smallest absolute Gasteiger partial charge is 0.0750 e. The number of aryl methyl sites for hydroxylation is 2. The number of benzene rings is 1. The number of hydrogen-bond acceptors (Lipinski definition) is 0. The molecule has 0 nitrogen and oxygen atoms in total. The second kappa shape index (κ2) is 7.66. The van der Waals surface area contributed by atoms with E-state index >= 15 is 0 Å². The van der Waals surface area contributed by atoms with Crippen LogP contribution in [0.3, 0.4) is 0 Å². The van der Waals surface area contributed by atoms with Crippen molar-refractivity contribution in [1.29, 1.82) is 0 Å². The molecule has 1 aliphatic rings. The van der Waals surface area contributed by atoms with E-state index in [2.05, 4.69) is 65.8 Å². The van der Waals surface area contributed by atoms with Gasteiger partial charge in [0, 0.05) is 0 Å². The van der Waals surface area contributed by atoms with Crippen molar-refractivity contribution in [2.75, 3.05) is 0 Å². The summed E-state index contributed by atoms with van der Waals surface area (Å²) < 4.78 is 0. The van der Waals surface area contributed by atoms with Gasteiger partial charge in [0.25, 0.3) is 0 Å². The van der Waals surface area contributed by atoms with Crippen LogP contribution in [0.2, 0.25) is 0 Å². The van der Waals surface area contributed by atoms with Crippen molar-refractivity contribution in [2.45, 2.75) is 73.6 Å². The van der Waals surface area contributed by atoms with Gasteiger partial charge in [-0.3, -0.25) is 0 Å². The molecular formula is C22H34Si. The van der Waals surface area contributed by atoms with Gasteiger partial charge >= 0.3 is 0 Å². The summed E-state index contributed by atoms with van der Waals surface area (Å²) in [6, 6.07) is 7.13. The van der Waals surface area contributed by atoms with Crippen LogP contribution in [-0.4, -0.2) is 9.52 Å². The second-order valence-electron chi connectivity index (χ2n) is 8.38. The number of unbranched alkanes of at least 4 members (excludes halogenated alkanes) is 2. The van der Waals surface area contributed by atoms with Crippen LogP contribution in [0, 0.1) is 19.3 Å². The van der Waals surface area contributed by atoms with Crippen LogP contribution in [0.15, 0.2) is 40.6 Å². The summed E-state index contributed by atoms with van der Waals surface area (Å²) in [5.41, 5.74) is 6.46. The first kappa shape index (κ1) is 18.3. The molecule has 0 amide bonds. The van der Waals surface area contributed by atoms with Crippen molar-refractivity contribution in [3.05, 3.63) is 51.7 Å². The lowest BCUT2D eigenvalue weighted by molar-refractivity contribution is 0.516. The van der Waals surface area contributed by atoms with Crippen LogP contribution in [0.1, 0.15) is 70.9 Å². The summed E-state index contributed by atoms with van der Waals surface area (Å²) in [6.45, 7) is 13.9. The number of rotatable bonds is 6. The molecular weight excluding hydrogens is 292 g/mol. The van der Waals surface area contributed by atoms with Gasteiger partial charge in [-0.05, 0) is 44.1 Å². The van der Waals surface area contributed by atoms with E-state index in [-0.39, 0.29) is 14.9 Å². The van der Waals surface area contributed by atoms with Gasteiger partial charge in [0.2, 0.25) is 0 Å². The van der Waals surface area contributed by atoms with Crippen molar-refractivity contribution in [2.24, 2.45) is 5.41 Å². The van der Waals surface area contributed by atoms with Crippen LogP contribution in [0.4, 0.5) is 0 Å². The Morgan fingerprint density at radius 2 is 1.65 bits per heavy atom. The predicted octanol–water partition coefficient (Wildman–Crippen LogP) is 5.31. The maximum Gasteiger partial charge on any atom is 0.0832 e. The minimum Gasteiger partial charge on any atom is -0.0750 e. The summed E-state index contributed by atoms with van der Waals surface area (Å²) in [6.07, 6.45) is 9.16. The molecule has 0 radical (unpaired) electrons. The maximum absolute atomic E-state index is 2.56. The van der Waals surface area contributed by atoms with E-state index in [0.29, 0.717) is 0 Å². The molecule has 126 valence electrons. The van der Waals surface area contributed by atoms with Crippen molar-refractivity contribution in [3.63, 3.8) is 0 Å². The average Bonchev–Trinajstić information content (AvgIpc) is 2.81. The Kier molecular flexibility index (Phi) is 6.08. The molecule has 1 aliphatic carbocycles. The fraction of sp³-hybridized carbons (Fsp3) is 0.545. The first-order valence-corrected chi connectivity index (χ1v) is 10.7. The zero-order valence-corrected chi connectivity index (χ0v) is 17.5. The molecule has 0 fully saturated rings. The van der Waals surface area contributed by atoms with E-state index < -0.39 is 0 Å². The average molecular weight is 327 g/mol. The van der Waals surface area contributed by atoms with Gasteiger partial charge in [-0.2, -0.15) is 0 Å². The normalized spacial score (nSPS) is 15.8. The lowest BCUT2D eigenvalue weighted by Crippen LogP contribution is -2.20. The molecule has 23 heavy (non-hydrogen) atoms. The standard InChI is InChI=1S/C22H34Si/c1-7-8-9-10-18-14-20(22(4,5)6)21(15-18)23-19-12-16(2)11-17(3)13-19/h11-14H,7-10,15,23H2,1-6H3. The van der Waals surface area contributed by atoms with Crippen LogP contribution < -0.4 is 5.19 Å². The quantitative estimate of drug-likeness (QED) is 0.491. The van der Waals surface area contributed by atoms with E-state index in [0.717, 1.165) is 0 Å². The highest BCUT2D eigenvalue weighted by molar-refractivity contribution is 6.61. The zero-order valence-electron chi connectivity index (χ0n) is 16.1.